The normalized spacial score (nSPS) is 12.9. The van der Waals surface area contributed by atoms with Crippen LogP contribution >= 0.6 is 0 Å². The summed E-state index contributed by atoms with van der Waals surface area (Å²) in [5.74, 6) is -0.163. The van der Waals surface area contributed by atoms with E-state index in [1.54, 1.807) is 0 Å². The van der Waals surface area contributed by atoms with Crippen LogP contribution in [0.3, 0.4) is 0 Å². The molecule has 0 heterocycles. The van der Waals surface area contributed by atoms with Crippen LogP contribution in [-0.2, 0) is 16.0 Å². The molecular formula is C18H24O2. The van der Waals surface area contributed by atoms with Crippen molar-refractivity contribution in [3.05, 3.63) is 41.5 Å². The van der Waals surface area contributed by atoms with Gasteiger partial charge >= 0.3 is 5.97 Å². The van der Waals surface area contributed by atoms with Gasteiger partial charge in [-0.15, -0.1) is 0 Å². The molecule has 20 heavy (non-hydrogen) atoms. The van der Waals surface area contributed by atoms with Gasteiger partial charge in [0.1, 0.15) is 0 Å². The number of unbranched alkanes of at least 4 members (excludes halogenated alkanes) is 5. The van der Waals surface area contributed by atoms with E-state index in [2.05, 4.69) is 13.0 Å². The Balaban J connectivity index is 1.69. The summed E-state index contributed by atoms with van der Waals surface area (Å²) < 4.78 is 5.38. The maximum Gasteiger partial charge on any atom is 0.338 e. The number of allylic oxidation sites excluding steroid dienone is 1. The highest BCUT2D eigenvalue weighted by Crippen LogP contribution is 2.27. The van der Waals surface area contributed by atoms with Gasteiger partial charge in [0.05, 0.1) is 12.2 Å². The third-order valence-corrected chi connectivity index (χ3v) is 3.78. The lowest BCUT2D eigenvalue weighted by Gasteiger charge is -2.07. The first-order valence-corrected chi connectivity index (χ1v) is 7.78. The first-order chi connectivity index (χ1) is 9.83. The number of hydrogen-bond donors (Lipinski definition) is 0. The monoisotopic (exact) mass is 272 g/mol. The second-order valence-corrected chi connectivity index (χ2v) is 5.38. The van der Waals surface area contributed by atoms with Crippen molar-refractivity contribution in [1.82, 2.24) is 0 Å². The van der Waals surface area contributed by atoms with Crippen molar-refractivity contribution in [2.75, 3.05) is 6.61 Å². The van der Waals surface area contributed by atoms with Crippen molar-refractivity contribution in [3.8, 4) is 0 Å². The Hall–Kier alpha value is -1.57. The first kappa shape index (κ1) is 14.8. The highest BCUT2D eigenvalue weighted by molar-refractivity contribution is 6.18. The largest absolute Gasteiger partial charge is 0.462 e. The topological polar surface area (TPSA) is 26.3 Å². The maximum absolute atomic E-state index is 12.1. The molecule has 1 aliphatic rings. The van der Waals surface area contributed by atoms with Crippen molar-refractivity contribution in [2.24, 2.45) is 0 Å². The Morgan fingerprint density at radius 3 is 2.70 bits per heavy atom. The van der Waals surface area contributed by atoms with Crippen LogP contribution in [0.15, 0.2) is 30.3 Å². The molecule has 0 aromatic heterocycles. The predicted octanol–water partition coefficient (Wildman–Crippen LogP) is 4.53. The fraction of sp³-hybridized carbons (Fsp3) is 0.500. The summed E-state index contributed by atoms with van der Waals surface area (Å²) in [6.07, 6.45) is 10.1. The number of ether oxygens (including phenoxy) is 1. The zero-order chi connectivity index (χ0) is 14.2. The van der Waals surface area contributed by atoms with Gasteiger partial charge in [0.25, 0.3) is 0 Å². The second-order valence-electron chi connectivity index (χ2n) is 5.38. The molecule has 0 atom stereocenters. The van der Waals surface area contributed by atoms with E-state index < -0.39 is 0 Å². The summed E-state index contributed by atoms with van der Waals surface area (Å²) in [5, 5.41) is 0. The standard InChI is InChI=1S/C18H24O2/c1-2-3-4-5-6-9-14-20-18(19)17-13-12-15-10-7-8-11-16(15)17/h7-8,10-11,13H,2-6,9,12,14H2,1H3. The van der Waals surface area contributed by atoms with E-state index in [4.69, 9.17) is 4.74 Å². The molecule has 2 rings (SSSR count). The zero-order valence-corrected chi connectivity index (χ0v) is 12.4. The summed E-state index contributed by atoms with van der Waals surface area (Å²) in [7, 11) is 0. The average molecular weight is 272 g/mol. The lowest BCUT2D eigenvalue weighted by Crippen LogP contribution is -2.07. The minimum Gasteiger partial charge on any atom is -0.462 e. The Labute approximate surface area is 121 Å². The number of esters is 1. The molecule has 2 heteroatoms. The van der Waals surface area contributed by atoms with E-state index in [0.717, 1.165) is 30.4 Å². The number of fused-ring (bicyclic) bond motifs is 1. The number of hydrogen-bond acceptors (Lipinski definition) is 2. The van der Waals surface area contributed by atoms with Gasteiger partial charge in [0.15, 0.2) is 0 Å². The first-order valence-electron chi connectivity index (χ1n) is 7.78. The van der Waals surface area contributed by atoms with Crippen LogP contribution in [0.4, 0.5) is 0 Å². The lowest BCUT2D eigenvalue weighted by molar-refractivity contribution is -0.136. The SMILES string of the molecule is CCCCCCCCOC(=O)C1=CCc2ccccc21. The second kappa shape index (κ2) is 7.88. The molecule has 0 radical (unpaired) electrons. The van der Waals surface area contributed by atoms with Crippen molar-refractivity contribution >= 4 is 11.5 Å². The van der Waals surface area contributed by atoms with Gasteiger partial charge in [-0.3, -0.25) is 0 Å². The molecule has 1 aromatic carbocycles. The van der Waals surface area contributed by atoms with Crippen molar-refractivity contribution in [3.63, 3.8) is 0 Å². The van der Waals surface area contributed by atoms with Crippen LogP contribution in [0.1, 0.15) is 56.6 Å². The fourth-order valence-corrected chi connectivity index (χ4v) is 2.60. The van der Waals surface area contributed by atoms with E-state index in [1.807, 2.05) is 24.3 Å². The van der Waals surface area contributed by atoms with Crippen LogP contribution in [0.5, 0.6) is 0 Å². The zero-order valence-electron chi connectivity index (χ0n) is 12.4. The Bertz CT molecular complexity index is 474. The van der Waals surface area contributed by atoms with E-state index in [-0.39, 0.29) is 5.97 Å². The van der Waals surface area contributed by atoms with Crippen molar-refractivity contribution in [1.29, 1.82) is 0 Å². The Kier molecular flexibility index (Phi) is 5.85. The molecule has 2 nitrogen and oxygen atoms in total. The molecule has 0 bridgehead atoms. The van der Waals surface area contributed by atoms with Gasteiger partial charge in [-0.25, -0.2) is 4.79 Å². The van der Waals surface area contributed by atoms with Crippen LogP contribution in [0, 0.1) is 0 Å². The quantitative estimate of drug-likeness (QED) is 0.513. The molecule has 0 unspecified atom stereocenters. The van der Waals surface area contributed by atoms with Crippen LogP contribution < -0.4 is 0 Å². The molecule has 108 valence electrons. The Morgan fingerprint density at radius 1 is 1.10 bits per heavy atom. The van der Waals surface area contributed by atoms with E-state index in [0.29, 0.717) is 6.61 Å². The molecule has 0 N–H and O–H groups in total. The van der Waals surface area contributed by atoms with Gasteiger partial charge in [-0.2, -0.15) is 0 Å². The van der Waals surface area contributed by atoms with E-state index in [1.165, 1.54) is 31.2 Å². The molecule has 0 fully saturated rings. The van der Waals surface area contributed by atoms with Gasteiger partial charge in [0, 0.05) is 0 Å². The van der Waals surface area contributed by atoms with E-state index in [9.17, 15) is 4.79 Å². The van der Waals surface area contributed by atoms with Crippen molar-refractivity contribution in [2.45, 2.75) is 51.9 Å². The molecular weight excluding hydrogens is 248 g/mol. The van der Waals surface area contributed by atoms with Crippen molar-refractivity contribution < 1.29 is 9.53 Å². The highest BCUT2D eigenvalue weighted by atomic mass is 16.5. The summed E-state index contributed by atoms with van der Waals surface area (Å²) >= 11 is 0. The molecule has 1 aromatic rings. The van der Waals surface area contributed by atoms with Gasteiger partial charge in [-0.05, 0) is 24.0 Å². The minimum atomic E-state index is -0.163. The minimum absolute atomic E-state index is 0.163. The van der Waals surface area contributed by atoms with Crippen LogP contribution in [-0.4, -0.2) is 12.6 Å². The van der Waals surface area contributed by atoms with E-state index >= 15 is 0 Å². The molecule has 0 saturated heterocycles. The maximum atomic E-state index is 12.1. The number of benzene rings is 1. The summed E-state index contributed by atoms with van der Waals surface area (Å²) in [6, 6.07) is 8.05. The van der Waals surface area contributed by atoms with Gasteiger partial charge in [-0.1, -0.05) is 69.4 Å². The number of rotatable bonds is 8. The Morgan fingerprint density at radius 2 is 1.85 bits per heavy atom. The average Bonchev–Trinajstić information content (AvgIpc) is 2.90. The summed E-state index contributed by atoms with van der Waals surface area (Å²) in [6.45, 7) is 2.76. The lowest BCUT2D eigenvalue weighted by atomic mass is 10.1. The molecule has 1 aliphatic carbocycles. The number of carbonyl (C=O) groups is 1. The molecule has 0 aliphatic heterocycles. The van der Waals surface area contributed by atoms with Crippen LogP contribution in [0.25, 0.3) is 5.57 Å². The summed E-state index contributed by atoms with van der Waals surface area (Å²) in [5.41, 5.74) is 3.01. The van der Waals surface area contributed by atoms with Crippen LogP contribution in [0.2, 0.25) is 0 Å². The predicted molar refractivity (Wildman–Crippen MR) is 82.5 cm³/mol. The third kappa shape index (κ3) is 3.96. The fourth-order valence-electron chi connectivity index (χ4n) is 2.60. The molecule has 0 saturated carbocycles. The highest BCUT2D eigenvalue weighted by Gasteiger charge is 2.20. The summed E-state index contributed by atoms with van der Waals surface area (Å²) in [4.78, 5) is 12.1. The molecule has 0 amide bonds. The molecule has 0 spiro atoms. The smallest absolute Gasteiger partial charge is 0.338 e. The van der Waals surface area contributed by atoms with Gasteiger partial charge < -0.3 is 4.74 Å². The number of carbonyl (C=O) groups excluding carboxylic acids is 1. The van der Waals surface area contributed by atoms with Gasteiger partial charge in [0.2, 0.25) is 0 Å². The third-order valence-electron chi connectivity index (χ3n) is 3.78.